The van der Waals surface area contributed by atoms with E-state index in [2.05, 4.69) is 4.98 Å². The summed E-state index contributed by atoms with van der Waals surface area (Å²) in [5.74, 6) is -2.75. The van der Waals surface area contributed by atoms with Gasteiger partial charge in [-0.25, -0.2) is 13.6 Å². The van der Waals surface area contributed by atoms with Crippen LogP contribution in [-0.4, -0.2) is 10.1 Å². The minimum absolute atomic E-state index is 0.178. The van der Waals surface area contributed by atoms with Gasteiger partial charge in [-0.2, -0.15) is 0 Å². The Balaban J connectivity index is 2.09. The molecule has 20 heavy (non-hydrogen) atoms. The summed E-state index contributed by atoms with van der Waals surface area (Å²) >= 11 is 0. The largest absolute Gasteiger partial charge is 0.417 e. The third-order valence-electron chi connectivity index (χ3n) is 3.04. The molecule has 0 aliphatic carbocycles. The van der Waals surface area contributed by atoms with Gasteiger partial charge in [-0.3, -0.25) is 4.98 Å². The Morgan fingerprint density at radius 1 is 1.20 bits per heavy atom. The molecule has 3 rings (SSSR count). The van der Waals surface area contributed by atoms with E-state index in [1.165, 1.54) is 30.3 Å². The lowest BCUT2D eigenvalue weighted by atomic mass is 10.0. The number of hydrogen-bond acceptors (Lipinski definition) is 3. The topological polar surface area (TPSA) is 66.2 Å². The van der Waals surface area contributed by atoms with Crippen molar-refractivity contribution in [3.63, 3.8) is 0 Å². The number of benzene rings is 2. The third-order valence-corrected chi connectivity index (χ3v) is 3.04. The van der Waals surface area contributed by atoms with Crippen LogP contribution in [0, 0.1) is 11.6 Å². The van der Waals surface area contributed by atoms with Crippen molar-refractivity contribution in [1.82, 2.24) is 4.98 Å². The van der Waals surface area contributed by atoms with Crippen LogP contribution in [0.2, 0.25) is 0 Å². The molecule has 1 heterocycles. The quantitative estimate of drug-likeness (QED) is 0.756. The molecule has 0 amide bonds. The van der Waals surface area contributed by atoms with Crippen LogP contribution in [0.25, 0.3) is 11.1 Å². The summed E-state index contributed by atoms with van der Waals surface area (Å²) in [6, 6.07) is 8.01. The number of aliphatic hydroxyl groups is 1. The number of hydrogen-bond donors (Lipinski definition) is 2. The molecule has 0 aliphatic heterocycles. The zero-order valence-corrected chi connectivity index (χ0v) is 10.1. The van der Waals surface area contributed by atoms with Gasteiger partial charge in [0.2, 0.25) is 0 Å². The van der Waals surface area contributed by atoms with Gasteiger partial charge < -0.3 is 9.52 Å². The number of rotatable bonds is 2. The maximum absolute atomic E-state index is 13.6. The number of nitrogens with one attached hydrogen (secondary N) is 1. The molecule has 0 saturated heterocycles. The Morgan fingerprint density at radius 3 is 2.80 bits per heavy atom. The van der Waals surface area contributed by atoms with Crippen LogP contribution < -0.4 is 5.76 Å². The molecule has 1 unspecified atom stereocenters. The lowest BCUT2D eigenvalue weighted by Gasteiger charge is -2.12. The van der Waals surface area contributed by atoms with Gasteiger partial charge in [0.15, 0.2) is 17.2 Å². The van der Waals surface area contributed by atoms with E-state index in [0.717, 1.165) is 6.07 Å². The molecule has 2 aromatic carbocycles. The molecular formula is C14H9F2NO3. The van der Waals surface area contributed by atoms with Crippen LogP contribution in [0.5, 0.6) is 0 Å². The lowest BCUT2D eigenvalue weighted by molar-refractivity contribution is 0.213. The molecule has 0 spiro atoms. The molecule has 6 heteroatoms. The first kappa shape index (κ1) is 12.6. The molecule has 102 valence electrons. The molecule has 0 radical (unpaired) electrons. The second-order valence-electron chi connectivity index (χ2n) is 4.32. The van der Waals surface area contributed by atoms with Gasteiger partial charge in [0.1, 0.15) is 6.10 Å². The highest BCUT2D eigenvalue weighted by molar-refractivity contribution is 5.73. The molecule has 1 aromatic heterocycles. The normalized spacial score (nSPS) is 12.8. The number of fused-ring (bicyclic) bond motifs is 1. The Kier molecular flexibility index (Phi) is 2.87. The first-order valence-corrected chi connectivity index (χ1v) is 5.81. The minimum Gasteiger partial charge on any atom is -0.408 e. The van der Waals surface area contributed by atoms with Crippen LogP contribution in [-0.2, 0) is 0 Å². The van der Waals surface area contributed by atoms with Gasteiger partial charge in [-0.1, -0.05) is 18.2 Å². The van der Waals surface area contributed by atoms with Crippen molar-refractivity contribution in [1.29, 1.82) is 0 Å². The fourth-order valence-electron chi connectivity index (χ4n) is 2.04. The van der Waals surface area contributed by atoms with Crippen LogP contribution in [0.1, 0.15) is 17.2 Å². The smallest absolute Gasteiger partial charge is 0.408 e. The van der Waals surface area contributed by atoms with Gasteiger partial charge in [0, 0.05) is 5.56 Å². The number of aliphatic hydroxyl groups excluding tert-OH is 1. The molecule has 0 aliphatic rings. The average molecular weight is 277 g/mol. The van der Waals surface area contributed by atoms with Gasteiger partial charge >= 0.3 is 5.76 Å². The van der Waals surface area contributed by atoms with E-state index in [-0.39, 0.29) is 11.1 Å². The first-order valence-electron chi connectivity index (χ1n) is 5.81. The van der Waals surface area contributed by atoms with E-state index in [0.29, 0.717) is 11.1 Å². The van der Waals surface area contributed by atoms with Crippen molar-refractivity contribution >= 4 is 11.1 Å². The first-order chi connectivity index (χ1) is 9.56. The summed E-state index contributed by atoms with van der Waals surface area (Å²) in [7, 11) is 0. The Labute approximate surface area is 111 Å². The molecule has 0 fully saturated rings. The fourth-order valence-corrected chi connectivity index (χ4v) is 2.04. The van der Waals surface area contributed by atoms with Crippen LogP contribution in [0.4, 0.5) is 8.78 Å². The molecule has 4 nitrogen and oxygen atoms in total. The predicted molar refractivity (Wildman–Crippen MR) is 67.3 cm³/mol. The van der Waals surface area contributed by atoms with E-state index in [4.69, 9.17) is 4.42 Å². The highest BCUT2D eigenvalue weighted by Gasteiger charge is 2.18. The van der Waals surface area contributed by atoms with Crippen LogP contribution in [0.15, 0.2) is 45.6 Å². The number of aromatic nitrogens is 1. The summed E-state index contributed by atoms with van der Waals surface area (Å²) in [6.07, 6.45) is -1.35. The monoisotopic (exact) mass is 277 g/mol. The highest BCUT2D eigenvalue weighted by atomic mass is 19.2. The Bertz CT molecular complexity index is 838. The van der Waals surface area contributed by atoms with Crippen molar-refractivity contribution in [3.05, 3.63) is 69.7 Å². The molecule has 0 saturated carbocycles. The van der Waals surface area contributed by atoms with Crippen LogP contribution >= 0.6 is 0 Å². The molecule has 0 bridgehead atoms. The van der Waals surface area contributed by atoms with Crippen molar-refractivity contribution in [2.45, 2.75) is 6.10 Å². The van der Waals surface area contributed by atoms with E-state index >= 15 is 0 Å². The minimum atomic E-state index is -1.35. The van der Waals surface area contributed by atoms with Gasteiger partial charge in [-0.15, -0.1) is 0 Å². The number of H-pyrrole nitrogens is 1. The summed E-state index contributed by atoms with van der Waals surface area (Å²) in [4.78, 5) is 13.5. The predicted octanol–water partition coefficient (Wildman–Crippen LogP) is 2.48. The third kappa shape index (κ3) is 2.00. The van der Waals surface area contributed by atoms with Gasteiger partial charge in [0.25, 0.3) is 0 Å². The summed E-state index contributed by atoms with van der Waals surface area (Å²) in [5, 5.41) is 10.1. The average Bonchev–Trinajstić information content (AvgIpc) is 2.80. The van der Waals surface area contributed by atoms with E-state index in [9.17, 15) is 18.7 Å². The fraction of sp³-hybridized carbons (Fsp3) is 0.0714. The van der Waals surface area contributed by atoms with Crippen LogP contribution in [0.3, 0.4) is 0 Å². The van der Waals surface area contributed by atoms with E-state index < -0.39 is 23.5 Å². The van der Waals surface area contributed by atoms with Crippen molar-refractivity contribution < 1.29 is 18.3 Å². The Hall–Kier alpha value is -2.47. The van der Waals surface area contributed by atoms with Gasteiger partial charge in [0.05, 0.1) is 5.52 Å². The van der Waals surface area contributed by atoms with Gasteiger partial charge in [-0.05, 0) is 23.8 Å². The highest BCUT2D eigenvalue weighted by Crippen LogP contribution is 2.27. The second kappa shape index (κ2) is 4.57. The summed E-state index contributed by atoms with van der Waals surface area (Å²) < 4.78 is 31.7. The zero-order valence-electron chi connectivity index (χ0n) is 10.1. The zero-order chi connectivity index (χ0) is 14.3. The maximum Gasteiger partial charge on any atom is 0.417 e. The number of oxazole rings is 1. The lowest BCUT2D eigenvalue weighted by Crippen LogP contribution is -2.04. The molecular weight excluding hydrogens is 268 g/mol. The maximum atomic E-state index is 13.6. The molecule has 2 N–H and O–H groups in total. The van der Waals surface area contributed by atoms with E-state index in [1.807, 2.05) is 0 Å². The second-order valence-corrected chi connectivity index (χ2v) is 4.32. The standard InChI is InChI=1S/C14H9F2NO3/c15-9-3-1-2-8(12(9)16)13(18)7-4-5-10-11(6-7)20-14(19)17-10/h1-6,13,18H,(H,17,19). The van der Waals surface area contributed by atoms with Crippen molar-refractivity contribution in [2.75, 3.05) is 0 Å². The number of halogens is 2. The number of aromatic amines is 1. The summed E-state index contributed by atoms with van der Waals surface area (Å²) in [5.41, 5.74) is 0.820. The molecule has 1 atom stereocenters. The summed E-state index contributed by atoms with van der Waals surface area (Å²) in [6.45, 7) is 0. The SMILES string of the molecule is O=c1[nH]c2ccc(C(O)c3cccc(F)c3F)cc2o1. The van der Waals surface area contributed by atoms with Crippen molar-refractivity contribution in [3.8, 4) is 0 Å². The van der Waals surface area contributed by atoms with Crippen molar-refractivity contribution in [2.24, 2.45) is 0 Å². The molecule has 3 aromatic rings. The van der Waals surface area contributed by atoms with E-state index in [1.54, 1.807) is 0 Å². The Morgan fingerprint density at radius 2 is 2.00 bits per heavy atom.